The minimum Gasteiger partial charge on any atom is -0.307 e. The SMILES string of the molecule is CCc1nn(C)c(CNCc2ccc(Cl)cc2)c1Cl. The Kier molecular flexibility index (Phi) is 4.86. The quantitative estimate of drug-likeness (QED) is 0.914. The Labute approximate surface area is 123 Å². The Bertz CT molecular complexity index is 547. The Morgan fingerprint density at radius 1 is 1.16 bits per heavy atom. The highest BCUT2D eigenvalue weighted by atomic mass is 35.5. The average Bonchev–Trinajstić information content (AvgIpc) is 2.68. The molecular weight excluding hydrogens is 281 g/mol. The molecule has 0 spiro atoms. The molecule has 2 aromatic rings. The molecule has 0 radical (unpaired) electrons. The molecular formula is C14H17Cl2N3. The van der Waals surface area contributed by atoms with Gasteiger partial charge in [0, 0.05) is 25.2 Å². The fourth-order valence-electron chi connectivity index (χ4n) is 1.94. The molecule has 0 saturated carbocycles. The minimum atomic E-state index is 0.699. The molecule has 1 heterocycles. The monoisotopic (exact) mass is 297 g/mol. The van der Waals surface area contributed by atoms with Gasteiger partial charge in [-0.2, -0.15) is 5.10 Å². The maximum Gasteiger partial charge on any atom is 0.0863 e. The summed E-state index contributed by atoms with van der Waals surface area (Å²) in [4.78, 5) is 0. The van der Waals surface area contributed by atoms with E-state index in [1.165, 1.54) is 5.56 Å². The first kappa shape index (κ1) is 14.4. The Morgan fingerprint density at radius 3 is 2.42 bits per heavy atom. The van der Waals surface area contributed by atoms with Crippen molar-refractivity contribution in [2.45, 2.75) is 26.4 Å². The van der Waals surface area contributed by atoms with Gasteiger partial charge in [-0.25, -0.2) is 0 Å². The fourth-order valence-corrected chi connectivity index (χ4v) is 2.43. The van der Waals surface area contributed by atoms with E-state index < -0.39 is 0 Å². The Morgan fingerprint density at radius 2 is 1.84 bits per heavy atom. The highest BCUT2D eigenvalue weighted by Gasteiger charge is 2.12. The third-order valence-corrected chi connectivity index (χ3v) is 3.73. The lowest BCUT2D eigenvalue weighted by Crippen LogP contribution is -2.15. The predicted octanol–water partition coefficient (Wildman–Crippen LogP) is 3.58. The predicted molar refractivity (Wildman–Crippen MR) is 79.6 cm³/mol. The van der Waals surface area contributed by atoms with Crippen LogP contribution in [0.5, 0.6) is 0 Å². The number of nitrogens with zero attached hydrogens (tertiary/aromatic N) is 2. The third-order valence-electron chi connectivity index (χ3n) is 3.04. The van der Waals surface area contributed by atoms with E-state index in [1.54, 1.807) is 0 Å². The van der Waals surface area contributed by atoms with Crippen LogP contribution < -0.4 is 5.32 Å². The Hall–Kier alpha value is -1.03. The second kappa shape index (κ2) is 6.42. The van der Waals surface area contributed by atoms with Gasteiger partial charge < -0.3 is 5.32 Å². The van der Waals surface area contributed by atoms with Crippen molar-refractivity contribution in [3.63, 3.8) is 0 Å². The fraction of sp³-hybridized carbons (Fsp3) is 0.357. The van der Waals surface area contributed by atoms with E-state index in [0.29, 0.717) is 6.54 Å². The largest absolute Gasteiger partial charge is 0.307 e. The molecule has 0 aliphatic rings. The van der Waals surface area contributed by atoms with E-state index in [2.05, 4.69) is 17.3 Å². The van der Waals surface area contributed by atoms with Crippen LogP contribution in [0.1, 0.15) is 23.9 Å². The summed E-state index contributed by atoms with van der Waals surface area (Å²) >= 11 is 12.1. The van der Waals surface area contributed by atoms with Gasteiger partial charge in [-0.05, 0) is 24.1 Å². The van der Waals surface area contributed by atoms with Crippen LogP contribution >= 0.6 is 23.2 Å². The summed E-state index contributed by atoms with van der Waals surface area (Å²) in [6, 6.07) is 7.81. The summed E-state index contributed by atoms with van der Waals surface area (Å²) in [6.07, 6.45) is 0.851. The maximum absolute atomic E-state index is 6.29. The number of hydrogen-bond donors (Lipinski definition) is 1. The Balaban J connectivity index is 1.96. The van der Waals surface area contributed by atoms with Crippen LogP contribution in [-0.2, 0) is 26.6 Å². The van der Waals surface area contributed by atoms with Crippen LogP contribution in [0, 0.1) is 0 Å². The number of aromatic nitrogens is 2. The summed E-state index contributed by atoms with van der Waals surface area (Å²) < 4.78 is 1.84. The topological polar surface area (TPSA) is 29.9 Å². The average molecular weight is 298 g/mol. The number of nitrogens with one attached hydrogen (secondary N) is 1. The van der Waals surface area contributed by atoms with Crippen LogP contribution in [0.25, 0.3) is 0 Å². The summed E-state index contributed by atoms with van der Waals surface area (Å²) in [5, 5.41) is 9.29. The summed E-state index contributed by atoms with van der Waals surface area (Å²) in [5.41, 5.74) is 3.17. The van der Waals surface area contributed by atoms with Crippen molar-refractivity contribution in [2.24, 2.45) is 7.05 Å². The highest BCUT2D eigenvalue weighted by molar-refractivity contribution is 6.32. The lowest BCUT2D eigenvalue weighted by molar-refractivity contribution is 0.623. The molecule has 102 valence electrons. The van der Waals surface area contributed by atoms with E-state index in [0.717, 1.165) is 34.4 Å². The van der Waals surface area contributed by atoms with Gasteiger partial charge >= 0.3 is 0 Å². The normalized spacial score (nSPS) is 10.9. The zero-order valence-corrected chi connectivity index (χ0v) is 12.6. The van der Waals surface area contributed by atoms with Gasteiger partial charge in [0.05, 0.1) is 16.4 Å². The van der Waals surface area contributed by atoms with Gasteiger partial charge in [0.15, 0.2) is 0 Å². The zero-order chi connectivity index (χ0) is 13.8. The molecule has 19 heavy (non-hydrogen) atoms. The second-order valence-electron chi connectivity index (χ2n) is 4.41. The lowest BCUT2D eigenvalue weighted by Gasteiger charge is -2.06. The van der Waals surface area contributed by atoms with Crippen LogP contribution in [-0.4, -0.2) is 9.78 Å². The second-order valence-corrected chi connectivity index (χ2v) is 5.23. The van der Waals surface area contributed by atoms with Crippen molar-refractivity contribution < 1.29 is 0 Å². The van der Waals surface area contributed by atoms with Crippen molar-refractivity contribution >= 4 is 23.2 Å². The molecule has 1 aromatic heterocycles. The molecule has 0 bridgehead atoms. The molecule has 0 unspecified atom stereocenters. The van der Waals surface area contributed by atoms with Crippen LogP contribution in [0.3, 0.4) is 0 Å². The smallest absolute Gasteiger partial charge is 0.0863 e. The molecule has 0 amide bonds. The molecule has 1 N–H and O–H groups in total. The van der Waals surface area contributed by atoms with Crippen LogP contribution in [0.4, 0.5) is 0 Å². The van der Waals surface area contributed by atoms with Crippen LogP contribution in [0.2, 0.25) is 10.0 Å². The van der Waals surface area contributed by atoms with E-state index in [9.17, 15) is 0 Å². The molecule has 5 heteroatoms. The summed E-state index contributed by atoms with van der Waals surface area (Å²) in [7, 11) is 1.92. The van der Waals surface area contributed by atoms with E-state index >= 15 is 0 Å². The molecule has 0 aliphatic carbocycles. The van der Waals surface area contributed by atoms with Gasteiger partial charge in [-0.3, -0.25) is 4.68 Å². The molecule has 0 saturated heterocycles. The van der Waals surface area contributed by atoms with Crippen molar-refractivity contribution in [1.29, 1.82) is 0 Å². The first-order valence-corrected chi connectivity index (χ1v) is 7.02. The summed E-state index contributed by atoms with van der Waals surface area (Å²) in [5.74, 6) is 0. The van der Waals surface area contributed by atoms with Gasteiger partial charge in [-0.15, -0.1) is 0 Å². The van der Waals surface area contributed by atoms with Gasteiger partial charge in [0.1, 0.15) is 0 Å². The third kappa shape index (κ3) is 3.50. The van der Waals surface area contributed by atoms with E-state index in [1.807, 2.05) is 36.0 Å². The first-order valence-electron chi connectivity index (χ1n) is 6.27. The highest BCUT2D eigenvalue weighted by Crippen LogP contribution is 2.20. The van der Waals surface area contributed by atoms with Gasteiger partial charge in [0.2, 0.25) is 0 Å². The van der Waals surface area contributed by atoms with E-state index in [-0.39, 0.29) is 0 Å². The molecule has 2 rings (SSSR count). The lowest BCUT2D eigenvalue weighted by atomic mass is 10.2. The van der Waals surface area contributed by atoms with Crippen molar-refractivity contribution in [2.75, 3.05) is 0 Å². The zero-order valence-electron chi connectivity index (χ0n) is 11.1. The van der Waals surface area contributed by atoms with Gasteiger partial charge in [0.25, 0.3) is 0 Å². The van der Waals surface area contributed by atoms with Crippen molar-refractivity contribution in [1.82, 2.24) is 15.1 Å². The first-order chi connectivity index (χ1) is 9.11. The summed E-state index contributed by atoms with van der Waals surface area (Å²) in [6.45, 7) is 3.53. The van der Waals surface area contributed by atoms with Gasteiger partial charge in [-0.1, -0.05) is 42.3 Å². The van der Waals surface area contributed by atoms with Crippen molar-refractivity contribution in [3.8, 4) is 0 Å². The van der Waals surface area contributed by atoms with E-state index in [4.69, 9.17) is 23.2 Å². The number of halogens is 2. The molecule has 0 aliphatic heterocycles. The number of benzene rings is 1. The molecule has 1 aromatic carbocycles. The molecule has 3 nitrogen and oxygen atoms in total. The number of hydrogen-bond acceptors (Lipinski definition) is 2. The maximum atomic E-state index is 6.29. The number of rotatable bonds is 5. The standard InChI is InChI=1S/C14H17Cl2N3/c1-3-12-14(16)13(19(2)18-12)9-17-8-10-4-6-11(15)7-5-10/h4-7,17H,3,8-9H2,1-2H3. The molecule has 0 fully saturated rings. The number of aryl methyl sites for hydroxylation is 2. The molecule has 0 atom stereocenters. The van der Waals surface area contributed by atoms with Crippen LogP contribution in [0.15, 0.2) is 24.3 Å². The van der Waals surface area contributed by atoms with Crippen molar-refractivity contribution in [3.05, 3.63) is 51.3 Å². The minimum absolute atomic E-state index is 0.699.